The van der Waals surface area contributed by atoms with Gasteiger partial charge in [-0.1, -0.05) is 18.2 Å². The predicted octanol–water partition coefficient (Wildman–Crippen LogP) is 3.61. The third-order valence-corrected chi connectivity index (χ3v) is 3.07. The maximum atomic E-state index is 12.0. The zero-order chi connectivity index (χ0) is 14.7. The molecule has 2 aromatic carbocycles. The Bertz CT molecular complexity index is 661. The van der Waals surface area contributed by atoms with Gasteiger partial charge in [0.25, 0.3) is 0 Å². The summed E-state index contributed by atoms with van der Waals surface area (Å²) in [7, 11) is 0. The third kappa shape index (κ3) is 3.06. The lowest BCUT2D eigenvalue weighted by Gasteiger charge is -2.04. The first-order chi connectivity index (χ1) is 9.47. The smallest absolute Gasteiger partial charge is 0.185 e. The van der Waals surface area contributed by atoms with Gasteiger partial charge in [-0.25, -0.2) is 0 Å². The minimum Gasteiger partial charge on any atom is -0.508 e. The largest absolute Gasteiger partial charge is 0.508 e. The highest BCUT2D eigenvalue weighted by Crippen LogP contribution is 2.23. The zero-order valence-corrected chi connectivity index (χ0v) is 11.4. The fourth-order valence-electron chi connectivity index (χ4n) is 2.01. The lowest BCUT2D eigenvalue weighted by Crippen LogP contribution is -1.93. The van der Waals surface area contributed by atoms with Crippen LogP contribution in [-0.4, -0.2) is 16.0 Å². The normalized spacial score (nSPS) is 10.9. The summed E-state index contributed by atoms with van der Waals surface area (Å²) in [6.45, 7) is 3.63. The quantitative estimate of drug-likeness (QED) is 0.660. The van der Waals surface area contributed by atoms with Crippen molar-refractivity contribution in [1.82, 2.24) is 0 Å². The molecule has 0 bridgehead atoms. The Labute approximate surface area is 117 Å². The summed E-state index contributed by atoms with van der Waals surface area (Å²) in [6.07, 6.45) is 3.16. The molecule has 0 aliphatic heterocycles. The first kappa shape index (κ1) is 13.9. The standard InChI is InChI=1S/C17H16O3/c1-11-8-13(9-12(2)17(11)20)6-7-16(19)14-4-3-5-15(18)10-14/h3-10,18,20H,1-2H3/b7-6+. The van der Waals surface area contributed by atoms with Gasteiger partial charge < -0.3 is 10.2 Å². The molecule has 2 N–H and O–H groups in total. The number of aromatic hydroxyl groups is 2. The van der Waals surface area contributed by atoms with Gasteiger partial charge in [-0.3, -0.25) is 4.79 Å². The van der Waals surface area contributed by atoms with Crippen molar-refractivity contribution in [1.29, 1.82) is 0 Å². The van der Waals surface area contributed by atoms with Crippen molar-refractivity contribution in [3.8, 4) is 11.5 Å². The van der Waals surface area contributed by atoms with E-state index in [9.17, 15) is 15.0 Å². The minimum absolute atomic E-state index is 0.0700. The molecule has 2 aromatic rings. The number of hydrogen-bond acceptors (Lipinski definition) is 3. The second-order valence-electron chi connectivity index (χ2n) is 4.75. The van der Waals surface area contributed by atoms with Crippen molar-refractivity contribution in [3.05, 3.63) is 64.7 Å². The fourth-order valence-corrected chi connectivity index (χ4v) is 2.01. The number of benzene rings is 2. The molecule has 20 heavy (non-hydrogen) atoms. The number of aryl methyl sites for hydroxylation is 2. The molecular formula is C17H16O3. The van der Waals surface area contributed by atoms with Crippen molar-refractivity contribution in [3.63, 3.8) is 0 Å². The Morgan fingerprint density at radius 3 is 2.30 bits per heavy atom. The van der Waals surface area contributed by atoms with Crippen LogP contribution in [0.5, 0.6) is 11.5 Å². The van der Waals surface area contributed by atoms with E-state index in [0.717, 1.165) is 16.7 Å². The summed E-state index contributed by atoms with van der Waals surface area (Å²) < 4.78 is 0. The van der Waals surface area contributed by atoms with Gasteiger partial charge in [0.2, 0.25) is 0 Å². The molecule has 0 aliphatic carbocycles. The maximum absolute atomic E-state index is 12.0. The van der Waals surface area contributed by atoms with Crippen molar-refractivity contribution >= 4 is 11.9 Å². The van der Waals surface area contributed by atoms with Gasteiger partial charge >= 0.3 is 0 Å². The Morgan fingerprint density at radius 2 is 1.70 bits per heavy atom. The van der Waals surface area contributed by atoms with Crippen LogP contribution in [0.15, 0.2) is 42.5 Å². The second kappa shape index (κ2) is 5.61. The fraction of sp³-hybridized carbons (Fsp3) is 0.118. The number of phenols is 2. The summed E-state index contributed by atoms with van der Waals surface area (Å²) in [5, 5.41) is 19.0. The molecule has 0 saturated heterocycles. The molecule has 0 atom stereocenters. The van der Waals surface area contributed by atoms with Gasteiger partial charge in [0.05, 0.1) is 0 Å². The lowest BCUT2D eigenvalue weighted by atomic mass is 10.0. The van der Waals surface area contributed by atoms with E-state index in [-0.39, 0.29) is 17.3 Å². The molecule has 0 fully saturated rings. The van der Waals surface area contributed by atoms with E-state index in [1.54, 1.807) is 18.2 Å². The monoisotopic (exact) mass is 268 g/mol. The Hall–Kier alpha value is -2.55. The number of allylic oxidation sites excluding steroid dienone is 1. The van der Waals surface area contributed by atoms with E-state index >= 15 is 0 Å². The van der Waals surface area contributed by atoms with Crippen LogP contribution in [0, 0.1) is 13.8 Å². The van der Waals surface area contributed by atoms with Crippen LogP contribution in [0.2, 0.25) is 0 Å². The molecule has 0 unspecified atom stereocenters. The second-order valence-corrected chi connectivity index (χ2v) is 4.75. The zero-order valence-electron chi connectivity index (χ0n) is 11.4. The molecule has 3 heteroatoms. The van der Waals surface area contributed by atoms with E-state index in [2.05, 4.69) is 0 Å². The highest BCUT2D eigenvalue weighted by atomic mass is 16.3. The van der Waals surface area contributed by atoms with Gasteiger partial charge in [-0.05, 0) is 60.9 Å². The number of ketones is 1. The van der Waals surface area contributed by atoms with E-state index in [0.29, 0.717) is 5.56 Å². The van der Waals surface area contributed by atoms with E-state index in [1.807, 2.05) is 26.0 Å². The number of carbonyl (C=O) groups excluding carboxylic acids is 1. The van der Waals surface area contributed by atoms with Crippen LogP contribution in [0.3, 0.4) is 0 Å². The average molecular weight is 268 g/mol. The molecule has 0 saturated carbocycles. The molecule has 0 radical (unpaired) electrons. The molecule has 2 rings (SSSR count). The van der Waals surface area contributed by atoms with Crippen LogP contribution in [-0.2, 0) is 0 Å². The first-order valence-electron chi connectivity index (χ1n) is 6.29. The summed E-state index contributed by atoms with van der Waals surface area (Å²) in [5.41, 5.74) is 2.84. The van der Waals surface area contributed by atoms with Crippen molar-refractivity contribution < 1.29 is 15.0 Å². The van der Waals surface area contributed by atoms with E-state index in [1.165, 1.54) is 18.2 Å². The topological polar surface area (TPSA) is 57.5 Å². The summed E-state index contributed by atoms with van der Waals surface area (Å²) in [5.74, 6) is 0.173. The van der Waals surface area contributed by atoms with Gasteiger partial charge in [0, 0.05) is 5.56 Å². The Morgan fingerprint density at radius 1 is 1.05 bits per heavy atom. The van der Waals surface area contributed by atoms with Gasteiger partial charge in [-0.15, -0.1) is 0 Å². The van der Waals surface area contributed by atoms with Gasteiger partial charge in [-0.2, -0.15) is 0 Å². The van der Waals surface area contributed by atoms with Crippen molar-refractivity contribution in [2.24, 2.45) is 0 Å². The molecule has 3 nitrogen and oxygen atoms in total. The molecule has 102 valence electrons. The Balaban J connectivity index is 2.23. The molecule has 0 aromatic heterocycles. The summed E-state index contributed by atoms with van der Waals surface area (Å²) >= 11 is 0. The molecule has 0 amide bonds. The van der Waals surface area contributed by atoms with Crippen LogP contribution in [0.1, 0.15) is 27.0 Å². The lowest BCUT2D eigenvalue weighted by molar-refractivity contribution is 0.104. The first-order valence-corrected chi connectivity index (χ1v) is 6.29. The van der Waals surface area contributed by atoms with Gasteiger partial charge in [0.15, 0.2) is 5.78 Å². The maximum Gasteiger partial charge on any atom is 0.185 e. The number of phenolic OH excluding ortho intramolecular Hbond substituents is 2. The van der Waals surface area contributed by atoms with Crippen molar-refractivity contribution in [2.45, 2.75) is 13.8 Å². The third-order valence-electron chi connectivity index (χ3n) is 3.07. The molecule has 0 spiro atoms. The number of hydrogen-bond donors (Lipinski definition) is 2. The van der Waals surface area contributed by atoms with Gasteiger partial charge in [0.1, 0.15) is 11.5 Å². The van der Waals surface area contributed by atoms with Crippen molar-refractivity contribution in [2.75, 3.05) is 0 Å². The van der Waals surface area contributed by atoms with Crippen LogP contribution in [0.4, 0.5) is 0 Å². The predicted molar refractivity (Wildman–Crippen MR) is 79.1 cm³/mol. The van der Waals surface area contributed by atoms with Crippen LogP contribution < -0.4 is 0 Å². The SMILES string of the molecule is Cc1cc(/C=C/C(=O)c2cccc(O)c2)cc(C)c1O. The summed E-state index contributed by atoms with van der Waals surface area (Å²) in [6, 6.07) is 9.86. The molecule has 0 aliphatic rings. The average Bonchev–Trinajstić information content (AvgIpc) is 2.42. The highest BCUT2D eigenvalue weighted by Gasteiger charge is 2.04. The summed E-state index contributed by atoms with van der Waals surface area (Å²) in [4.78, 5) is 12.0. The van der Waals surface area contributed by atoms with E-state index < -0.39 is 0 Å². The number of rotatable bonds is 3. The number of carbonyl (C=O) groups is 1. The molecule has 0 heterocycles. The minimum atomic E-state index is -0.177. The van der Waals surface area contributed by atoms with Crippen LogP contribution in [0.25, 0.3) is 6.08 Å². The van der Waals surface area contributed by atoms with Crippen LogP contribution >= 0.6 is 0 Å². The van der Waals surface area contributed by atoms with E-state index in [4.69, 9.17) is 0 Å². The molecular weight excluding hydrogens is 252 g/mol. The Kier molecular flexibility index (Phi) is 3.89. The highest BCUT2D eigenvalue weighted by molar-refractivity contribution is 6.07.